The van der Waals surface area contributed by atoms with Crippen molar-refractivity contribution >= 4 is 23.4 Å². The molecule has 7 nitrogen and oxygen atoms in total. The molecule has 0 spiro atoms. The van der Waals surface area contributed by atoms with Crippen LogP contribution >= 0.6 is 0 Å². The Morgan fingerprint density at radius 3 is 2.45 bits per heavy atom. The summed E-state index contributed by atoms with van der Waals surface area (Å²) in [5.41, 5.74) is 2.27. The molecule has 148 valence electrons. The van der Waals surface area contributed by atoms with Crippen molar-refractivity contribution in [2.75, 3.05) is 19.5 Å². The predicted octanol–water partition coefficient (Wildman–Crippen LogP) is 3.55. The first-order chi connectivity index (χ1) is 14.1. The maximum atomic E-state index is 12.4. The number of amides is 1. The number of nitrogens with zero attached hydrogens (tertiary/aromatic N) is 1. The van der Waals surface area contributed by atoms with Crippen LogP contribution in [-0.4, -0.2) is 31.1 Å². The van der Waals surface area contributed by atoms with Gasteiger partial charge in [-0.2, -0.15) is 0 Å². The molecule has 1 heterocycles. The average molecular weight is 391 g/mol. The lowest BCUT2D eigenvalue weighted by Gasteiger charge is -2.11. The average Bonchev–Trinajstić information content (AvgIpc) is 2.78. The Morgan fingerprint density at radius 2 is 1.72 bits per heavy atom. The van der Waals surface area contributed by atoms with E-state index >= 15 is 0 Å². The summed E-state index contributed by atoms with van der Waals surface area (Å²) < 4.78 is 10.1. The summed E-state index contributed by atoms with van der Waals surface area (Å²) in [5.74, 6) is 0.530. The van der Waals surface area contributed by atoms with Crippen molar-refractivity contribution in [2.24, 2.45) is 0 Å². The Balaban J connectivity index is 1.66. The number of rotatable bonds is 7. The second-order valence-electron chi connectivity index (χ2n) is 6.09. The van der Waals surface area contributed by atoms with Crippen LogP contribution in [0.3, 0.4) is 0 Å². The fraction of sp³-hybridized carbons (Fsp3) is 0.136. The molecular formula is C22H21N3O4. The number of esters is 1. The molecule has 0 aliphatic rings. The summed E-state index contributed by atoms with van der Waals surface area (Å²) in [6.45, 7) is 0.343. The van der Waals surface area contributed by atoms with Crippen molar-refractivity contribution in [3.8, 4) is 5.75 Å². The zero-order valence-electron chi connectivity index (χ0n) is 16.1. The molecule has 2 aromatic carbocycles. The summed E-state index contributed by atoms with van der Waals surface area (Å²) in [4.78, 5) is 28.5. The summed E-state index contributed by atoms with van der Waals surface area (Å²) in [6, 6.07) is 17.8. The van der Waals surface area contributed by atoms with E-state index in [2.05, 4.69) is 15.6 Å². The van der Waals surface area contributed by atoms with Crippen LogP contribution in [0.5, 0.6) is 5.75 Å². The van der Waals surface area contributed by atoms with Crippen LogP contribution in [0, 0.1) is 0 Å². The molecular weight excluding hydrogens is 370 g/mol. The van der Waals surface area contributed by atoms with E-state index in [-0.39, 0.29) is 5.91 Å². The molecule has 2 N–H and O–H groups in total. The number of anilines is 2. The van der Waals surface area contributed by atoms with Crippen molar-refractivity contribution in [3.63, 3.8) is 0 Å². The lowest BCUT2D eigenvalue weighted by atomic mass is 10.1. The van der Waals surface area contributed by atoms with Gasteiger partial charge in [0.1, 0.15) is 11.6 Å². The van der Waals surface area contributed by atoms with Crippen LogP contribution in [0.25, 0.3) is 0 Å². The van der Waals surface area contributed by atoms with Gasteiger partial charge in [-0.15, -0.1) is 0 Å². The van der Waals surface area contributed by atoms with Crippen LogP contribution in [0.4, 0.5) is 11.5 Å². The lowest BCUT2D eigenvalue weighted by molar-refractivity contribution is 0.0601. The van der Waals surface area contributed by atoms with Gasteiger partial charge < -0.3 is 20.1 Å². The lowest BCUT2D eigenvalue weighted by Crippen LogP contribution is -2.23. The first-order valence-corrected chi connectivity index (χ1v) is 8.93. The van der Waals surface area contributed by atoms with Crippen LogP contribution < -0.4 is 15.4 Å². The predicted molar refractivity (Wildman–Crippen MR) is 109 cm³/mol. The summed E-state index contributed by atoms with van der Waals surface area (Å²) in [5, 5.41) is 5.92. The minimum absolute atomic E-state index is 0.245. The largest absolute Gasteiger partial charge is 0.496 e. The molecule has 3 rings (SSSR count). The summed E-state index contributed by atoms with van der Waals surface area (Å²) >= 11 is 0. The highest BCUT2D eigenvalue weighted by Crippen LogP contribution is 2.21. The van der Waals surface area contributed by atoms with E-state index in [0.29, 0.717) is 29.2 Å². The van der Waals surface area contributed by atoms with Gasteiger partial charge in [-0.3, -0.25) is 4.79 Å². The number of ether oxygens (including phenoxy) is 2. The van der Waals surface area contributed by atoms with E-state index in [1.165, 1.54) is 13.3 Å². The molecule has 0 atom stereocenters. The Labute approximate surface area is 168 Å². The van der Waals surface area contributed by atoms with E-state index < -0.39 is 5.97 Å². The first-order valence-electron chi connectivity index (χ1n) is 8.93. The number of carbonyl (C=O) groups is 2. The maximum absolute atomic E-state index is 12.4. The minimum atomic E-state index is -0.444. The third-order valence-electron chi connectivity index (χ3n) is 4.25. The molecule has 7 heteroatoms. The van der Waals surface area contributed by atoms with E-state index in [1.54, 1.807) is 43.5 Å². The number of carbonyl (C=O) groups excluding carboxylic acids is 2. The number of aromatic nitrogens is 1. The number of nitrogens with one attached hydrogen (secondary N) is 2. The van der Waals surface area contributed by atoms with Gasteiger partial charge in [0.05, 0.1) is 31.0 Å². The summed E-state index contributed by atoms with van der Waals surface area (Å²) in [6.07, 6.45) is 1.47. The Kier molecular flexibility index (Phi) is 6.42. The van der Waals surface area contributed by atoms with E-state index in [9.17, 15) is 9.59 Å². The first kappa shape index (κ1) is 19.9. The molecule has 0 unspecified atom stereocenters. The molecule has 3 aromatic rings. The molecule has 29 heavy (non-hydrogen) atoms. The van der Waals surface area contributed by atoms with Crippen molar-refractivity contribution < 1.29 is 19.1 Å². The maximum Gasteiger partial charge on any atom is 0.339 e. The fourth-order valence-corrected chi connectivity index (χ4v) is 2.75. The van der Waals surface area contributed by atoms with Crippen molar-refractivity contribution in [2.45, 2.75) is 6.54 Å². The van der Waals surface area contributed by atoms with Gasteiger partial charge in [0.15, 0.2) is 0 Å². The van der Waals surface area contributed by atoms with Crippen molar-refractivity contribution in [1.29, 1.82) is 0 Å². The smallest absolute Gasteiger partial charge is 0.339 e. The molecule has 0 bridgehead atoms. The standard InChI is InChI=1S/C22H21N3O4/c1-28-19-10-6-3-7-15(19)13-24-21(26)16-11-12-20(23-14-16)25-18-9-5-4-8-17(18)22(27)29-2/h3-12,14H,13H2,1-2H3,(H,23,25)(H,24,26). The SMILES string of the molecule is COC(=O)c1ccccc1Nc1ccc(C(=O)NCc2ccccc2OC)cn1. The summed E-state index contributed by atoms with van der Waals surface area (Å²) in [7, 11) is 2.92. The minimum Gasteiger partial charge on any atom is -0.496 e. The van der Waals surface area contributed by atoms with Gasteiger partial charge in [-0.1, -0.05) is 30.3 Å². The van der Waals surface area contributed by atoms with Crippen molar-refractivity contribution in [3.05, 3.63) is 83.6 Å². The Bertz CT molecular complexity index is 1000. The van der Waals surface area contributed by atoms with Gasteiger partial charge in [0, 0.05) is 18.3 Å². The third-order valence-corrected chi connectivity index (χ3v) is 4.25. The highest BCUT2D eigenvalue weighted by molar-refractivity contribution is 5.96. The van der Waals surface area contributed by atoms with E-state index in [0.717, 1.165) is 11.3 Å². The van der Waals surface area contributed by atoms with Gasteiger partial charge >= 0.3 is 5.97 Å². The molecule has 0 aliphatic carbocycles. The van der Waals surface area contributed by atoms with Gasteiger partial charge in [0.2, 0.25) is 0 Å². The van der Waals surface area contributed by atoms with E-state index in [1.807, 2.05) is 24.3 Å². The highest BCUT2D eigenvalue weighted by atomic mass is 16.5. The monoisotopic (exact) mass is 391 g/mol. The fourth-order valence-electron chi connectivity index (χ4n) is 2.75. The molecule has 0 fully saturated rings. The molecule has 1 aromatic heterocycles. The van der Waals surface area contributed by atoms with Crippen LogP contribution in [0.2, 0.25) is 0 Å². The quantitative estimate of drug-likeness (QED) is 0.599. The number of para-hydroxylation sites is 2. The Hall–Kier alpha value is -3.87. The molecule has 1 amide bonds. The van der Waals surface area contributed by atoms with E-state index in [4.69, 9.17) is 9.47 Å². The second kappa shape index (κ2) is 9.36. The van der Waals surface area contributed by atoms with Gasteiger partial charge in [-0.25, -0.2) is 9.78 Å². The normalized spacial score (nSPS) is 10.1. The van der Waals surface area contributed by atoms with Crippen LogP contribution in [0.1, 0.15) is 26.3 Å². The third kappa shape index (κ3) is 4.90. The topological polar surface area (TPSA) is 89.5 Å². The van der Waals surface area contributed by atoms with Crippen LogP contribution in [-0.2, 0) is 11.3 Å². The number of methoxy groups -OCH3 is 2. The number of hydrogen-bond donors (Lipinski definition) is 2. The van der Waals surface area contributed by atoms with Crippen molar-refractivity contribution in [1.82, 2.24) is 10.3 Å². The number of pyridine rings is 1. The molecule has 0 saturated carbocycles. The number of hydrogen-bond acceptors (Lipinski definition) is 6. The zero-order chi connectivity index (χ0) is 20.6. The molecule has 0 aliphatic heterocycles. The van der Waals surface area contributed by atoms with Gasteiger partial charge in [-0.05, 0) is 30.3 Å². The molecule has 0 radical (unpaired) electrons. The molecule has 0 saturated heterocycles. The second-order valence-corrected chi connectivity index (χ2v) is 6.09. The highest BCUT2D eigenvalue weighted by Gasteiger charge is 2.12. The van der Waals surface area contributed by atoms with Gasteiger partial charge in [0.25, 0.3) is 5.91 Å². The Morgan fingerprint density at radius 1 is 0.966 bits per heavy atom. The zero-order valence-corrected chi connectivity index (χ0v) is 16.1. The number of benzene rings is 2. The van der Waals surface area contributed by atoms with Crippen LogP contribution in [0.15, 0.2) is 66.9 Å².